The normalized spacial score (nSPS) is 10.6. The molecular formula is C16H20N2O. The van der Waals surface area contributed by atoms with Gasteiger partial charge in [-0.2, -0.15) is 5.10 Å². The van der Waals surface area contributed by atoms with Gasteiger partial charge >= 0.3 is 0 Å². The molecule has 19 heavy (non-hydrogen) atoms. The number of aryl methyl sites for hydroxylation is 3. The van der Waals surface area contributed by atoms with Crippen molar-refractivity contribution in [1.29, 1.82) is 0 Å². The molecular weight excluding hydrogens is 236 g/mol. The Morgan fingerprint density at radius 3 is 2.68 bits per heavy atom. The lowest BCUT2D eigenvalue weighted by Gasteiger charge is -2.01. The van der Waals surface area contributed by atoms with Gasteiger partial charge in [0.25, 0.3) is 0 Å². The Kier molecular flexibility index (Phi) is 4.50. The topological polar surface area (TPSA) is 34.9 Å². The number of hydrogen-bond donors (Lipinski definition) is 0. The summed E-state index contributed by atoms with van der Waals surface area (Å²) in [6, 6.07) is 8.34. The van der Waals surface area contributed by atoms with E-state index in [4.69, 9.17) is 0 Å². The van der Waals surface area contributed by atoms with Gasteiger partial charge in [0.05, 0.1) is 11.8 Å². The molecule has 0 saturated heterocycles. The highest BCUT2D eigenvalue weighted by molar-refractivity contribution is 5.95. The Morgan fingerprint density at radius 1 is 1.26 bits per heavy atom. The summed E-state index contributed by atoms with van der Waals surface area (Å²) in [6.07, 6.45) is 5.88. The first kappa shape index (κ1) is 13.5. The Labute approximate surface area is 114 Å². The maximum Gasteiger partial charge on any atom is 0.166 e. The first-order valence-electron chi connectivity index (χ1n) is 6.80. The first-order valence-corrected chi connectivity index (χ1v) is 6.80. The Hall–Kier alpha value is -1.90. The van der Waals surface area contributed by atoms with Gasteiger partial charge in [0.2, 0.25) is 0 Å². The molecule has 3 nitrogen and oxygen atoms in total. The maximum absolute atomic E-state index is 12.0. The monoisotopic (exact) mass is 256 g/mol. The Bertz CT molecular complexity index is 540. The summed E-state index contributed by atoms with van der Waals surface area (Å²) in [5.41, 5.74) is 3.18. The summed E-state index contributed by atoms with van der Waals surface area (Å²) >= 11 is 0. The minimum Gasteiger partial charge on any atom is -0.294 e. The highest BCUT2D eigenvalue weighted by Crippen LogP contribution is 2.09. The van der Waals surface area contributed by atoms with E-state index in [2.05, 4.69) is 43.2 Å². The van der Waals surface area contributed by atoms with E-state index >= 15 is 0 Å². The molecule has 0 atom stereocenters. The Balaban J connectivity index is 1.91. The largest absolute Gasteiger partial charge is 0.294 e. The molecule has 0 aliphatic rings. The second-order valence-electron chi connectivity index (χ2n) is 4.90. The van der Waals surface area contributed by atoms with E-state index in [1.807, 2.05) is 10.9 Å². The number of Topliss-reactive ketones (excluding diaryl/α,β-unsaturated/α-hetero) is 1. The number of carbonyl (C=O) groups is 1. The van der Waals surface area contributed by atoms with Crippen molar-refractivity contribution >= 4 is 5.78 Å². The van der Waals surface area contributed by atoms with Crippen molar-refractivity contribution in [3.8, 4) is 0 Å². The molecule has 0 aliphatic heterocycles. The molecule has 0 unspecified atom stereocenters. The number of hydrogen-bond acceptors (Lipinski definition) is 2. The third kappa shape index (κ3) is 3.78. The van der Waals surface area contributed by atoms with Gasteiger partial charge in [-0.3, -0.25) is 9.48 Å². The quantitative estimate of drug-likeness (QED) is 0.742. The average Bonchev–Trinajstić information content (AvgIpc) is 2.87. The fourth-order valence-electron chi connectivity index (χ4n) is 2.02. The second kappa shape index (κ2) is 6.32. The van der Waals surface area contributed by atoms with Crippen molar-refractivity contribution in [1.82, 2.24) is 9.78 Å². The molecule has 2 rings (SSSR count). The van der Waals surface area contributed by atoms with Crippen LogP contribution in [-0.2, 0) is 13.0 Å². The second-order valence-corrected chi connectivity index (χ2v) is 4.90. The molecule has 1 heterocycles. The minimum absolute atomic E-state index is 0.169. The van der Waals surface area contributed by atoms with Gasteiger partial charge in [0, 0.05) is 19.2 Å². The summed E-state index contributed by atoms with van der Waals surface area (Å²) in [5, 5.41) is 4.19. The molecule has 1 aromatic heterocycles. The smallest absolute Gasteiger partial charge is 0.166 e. The number of ketones is 1. The van der Waals surface area contributed by atoms with Crippen LogP contribution >= 0.6 is 0 Å². The molecule has 0 spiro atoms. The van der Waals surface area contributed by atoms with Gasteiger partial charge in [0.15, 0.2) is 5.78 Å². The van der Waals surface area contributed by atoms with Crippen molar-refractivity contribution in [2.75, 3.05) is 0 Å². The lowest BCUT2D eigenvalue weighted by atomic mass is 10.0. The fraction of sp³-hybridized carbons (Fsp3) is 0.375. The van der Waals surface area contributed by atoms with Gasteiger partial charge < -0.3 is 0 Å². The van der Waals surface area contributed by atoms with Crippen LogP contribution in [0.4, 0.5) is 0 Å². The van der Waals surface area contributed by atoms with Crippen LogP contribution in [0.15, 0.2) is 36.7 Å². The molecule has 0 aliphatic carbocycles. The number of nitrogens with zero attached hydrogens (tertiary/aromatic N) is 2. The van der Waals surface area contributed by atoms with E-state index < -0.39 is 0 Å². The van der Waals surface area contributed by atoms with E-state index in [-0.39, 0.29) is 5.78 Å². The van der Waals surface area contributed by atoms with E-state index in [1.165, 1.54) is 11.1 Å². The molecule has 0 saturated carbocycles. The summed E-state index contributed by atoms with van der Waals surface area (Å²) in [6.45, 7) is 5.03. The van der Waals surface area contributed by atoms with Gasteiger partial charge in [0.1, 0.15) is 0 Å². The van der Waals surface area contributed by atoms with E-state index in [1.54, 1.807) is 6.20 Å². The highest BCUT2D eigenvalue weighted by atomic mass is 16.1. The molecule has 2 aromatic rings. The van der Waals surface area contributed by atoms with Gasteiger partial charge in [-0.15, -0.1) is 0 Å². The average molecular weight is 256 g/mol. The standard InChI is InChI=1S/C16H20N2O/c1-3-10-18-12-15(11-17-18)16(19)9-8-14-6-4-13(2)5-7-14/h4-7,11-12H,3,8-10H2,1-2H3. The number of benzene rings is 1. The zero-order valence-corrected chi connectivity index (χ0v) is 11.6. The van der Waals surface area contributed by atoms with Crippen LogP contribution in [0.25, 0.3) is 0 Å². The zero-order valence-electron chi connectivity index (χ0n) is 11.6. The van der Waals surface area contributed by atoms with E-state index in [0.29, 0.717) is 6.42 Å². The zero-order chi connectivity index (χ0) is 13.7. The fourth-order valence-corrected chi connectivity index (χ4v) is 2.02. The summed E-state index contributed by atoms with van der Waals surface area (Å²) in [4.78, 5) is 12.0. The molecule has 0 radical (unpaired) electrons. The molecule has 1 aromatic carbocycles. The van der Waals surface area contributed by atoms with Gasteiger partial charge in [-0.05, 0) is 25.3 Å². The predicted octanol–water partition coefficient (Wildman–Crippen LogP) is 3.42. The molecule has 0 N–H and O–H groups in total. The van der Waals surface area contributed by atoms with Gasteiger partial charge in [-0.1, -0.05) is 36.8 Å². The molecule has 0 bridgehead atoms. The molecule has 0 amide bonds. The van der Waals surface area contributed by atoms with Crippen molar-refractivity contribution in [3.63, 3.8) is 0 Å². The van der Waals surface area contributed by atoms with E-state index in [0.717, 1.165) is 24.9 Å². The van der Waals surface area contributed by atoms with Crippen molar-refractivity contribution in [2.45, 2.75) is 39.7 Å². The SMILES string of the molecule is CCCn1cc(C(=O)CCc2ccc(C)cc2)cn1. The lowest BCUT2D eigenvalue weighted by molar-refractivity contribution is 0.0982. The molecule has 0 fully saturated rings. The molecule has 3 heteroatoms. The van der Waals surface area contributed by atoms with Crippen LogP contribution in [0.1, 0.15) is 41.3 Å². The molecule has 100 valence electrons. The summed E-state index contributed by atoms with van der Waals surface area (Å²) in [5.74, 6) is 0.169. The number of aromatic nitrogens is 2. The maximum atomic E-state index is 12.0. The highest BCUT2D eigenvalue weighted by Gasteiger charge is 2.08. The predicted molar refractivity (Wildman–Crippen MR) is 76.3 cm³/mol. The van der Waals surface area contributed by atoms with Crippen LogP contribution in [-0.4, -0.2) is 15.6 Å². The third-order valence-corrected chi connectivity index (χ3v) is 3.17. The van der Waals surface area contributed by atoms with Crippen LogP contribution in [0.2, 0.25) is 0 Å². The van der Waals surface area contributed by atoms with Crippen LogP contribution in [0.3, 0.4) is 0 Å². The number of rotatable bonds is 6. The van der Waals surface area contributed by atoms with Gasteiger partial charge in [-0.25, -0.2) is 0 Å². The van der Waals surface area contributed by atoms with Crippen LogP contribution in [0.5, 0.6) is 0 Å². The van der Waals surface area contributed by atoms with Crippen LogP contribution in [0, 0.1) is 6.92 Å². The number of carbonyl (C=O) groups excluding carboxylic acids is 1. The van der Waals surface area contributed by atoms with Crippen molar-refractivity contribution in [2.24, 2.45) is 0 Å². The minimum atomic E-state index is 0.169. The third-order valence-electron chi connectivity index (χ3n) is 3.17. The van der Waals surface area contributed by atoms with Crippen molar-refractivity contribution < 1.29 is 4.79 Å². The van der Waals surface area contributed by atoms with Crippen LogP contribution < -0.4 is 0 Å². The Morgan fingerprint density at radius 2 is 2.00 bits per heavy atom. The van der Waals surface area contributed by atoms with Crippen molar-refractivity contribution in [3.05, 3.63) is 53.3 Å². The summed E-state index contributed by atoms with van der Waals surface area (Å²) in [7, 11) is 0. The first-order chi connectivity index (χ1) is 9.19. The van der Waals surface area contributed by atoms with E-state index in [9.17, 15) is 4.79 Å². The lowest BCUT2D eigenvalue weighted by Crippen LogP contribution is -2.01. The summed E-state index contributed by atoms with van der Waals surface area (Å²) < 4.78 is 1.83.